The molecule has 0 saturated heterocycles. The number of nitrogens with one attached hydrogen (secondary N) is 3. The summed E-state index contributed by atoms with van der Waals surface area (Å²) < 4.78 is 11.0. The number of hydrogen-bond donors (Lipinski definition) is 3. The molecule has 2 aromatic carbocycles. The second kappa shape index (κ2) is 10.3. The molecule has 2 amide bonds. The Morgan fingerprint density at radius 2 is 1.64 bits per heavy atom. The maximum atomic E-state index is 12.3. The molecule has 7 nitrogen and oxygen atoms in total. The average Bonchev–Trinajstić information content (AvgIpc) is 2.66. The molecule has 0 atom stereocenters. The maximum Gasteiger partial charge on any atom is 0.276 e. The third-order valence-electron chi connectivity index (χ3n) is 3.73. The molecule has 0 saturated carbocycles. The minimum absolute atomic E-state index is 0.0447. The van der Waals surface area contributed by atoms with E-state index in [-0.39, 0.29) is 11.7 Å². The Morgan fingerprint density at radius 1 is 0.964 bits per heavy atom. The first-order valence-electron chi connectivity index (χ1n) is 8.73. The van der Waals surface area contributed by atoms with Crippen molar-refractivity contribution in [1.29, 1.82) is 0 Å². The number of amides is 2. The van der Waals surface area contributed by atoms with Gasteiger partial charge in [-0.25, -0.2) is 0 Å². The molecule has 8 heteroatoms. The summed E-state index contributed by atoms with van der Waals surface area (Å²) in [5.74, 6) is 0.244. The zero-order valence-corrected chi connectivity index (χ0v) is 16.8. The molecule has 0 bridgehead atoms. The quantitative estimate of drug-likeness (QED) is 0.509. The fourth-order valence-electron chi connectivity index (χ4n) is 2.46. The second-order valence-electron chi connectivity index (χ2n) is 5.90. The van der Waals surface area contributed by atoms with Crippen LogP contribution in [0.15, 0.2) is 42.5 Å². The first kappa shape index (κ1) is 21.2. The number of carbonyl (C=O) groups excluding carboxylic acids is 2. The average molecular weight is 401 g/mol. The van der Waals surface area contributed by atoms with Gasteiger partial charge in [-0.05, 0) is 56.2 Å². The van der Waals surface area contributed by atoms with Gasteiger partial charge in [-0.1, -0.05) is 30.3 Å². The van der Waals surface area contributed by atoms with Crippen LogP contribution in [0, 0.1) is 13.8 Å². The van der Waals surface area contributed by atoms with E-state index in [0.29, 0.717) is 23.7 Å². The van der Waals surface area contributed by atoms with E-state index in [9.17, 15) is 9.59 Å². The highest BCUT2D eigenvalue weighted by Gasteiger charge is 2.14. The van der Waals surface area contributed by atoms with Crippen LogP contribution in [0.5, 0.6) is 11.5 Å². The third kappa shape index (κ3) is 5.95. The number of hydrogen-bond acceptors (Lipinski definition) is 5. The summed E-state index contributed by atoms with van der Waals surface area (Å²) in [6, 6.07) is 12.5. The van der Waals surface area contributed by atoms with Gasteiger partial charge in [-0.15, -0.1) is 0 Å². The Morgan fingerprint density at radius 3 is 2.32 bits per heavy atom. The Bertz CT molecular complexity index is 850. The number of rotatable bonds is 6. The molecule has 0 unspecified atom stereocenters. The van der Waals surface area contributed by atoms with Crippen LogP contribution in [0.2, 0.25) is 0 Å². The smallest absolute Gasteiger partial charge is 0.276 e. The predicted molar refractivity (Wildman–Crippen MR) is 110 cm³/mol. The number of hydrazine groups is 1. The number of ether oxygens (including phenoxy) is 2. The first-order valence-corrected chi connectivity index (χ1v) is 9.14. The molecule has 2 rings (SSSR count). The summed E-state index contributed by atoms with van der Waals surface area (Å²) in [4.78, 5) is 24.3. The van der Waals surface area contributed by atoms with Crippen LogP contribution >= 0.6 is 12.2 Å². The molecular weight excluding hydrogens is 378 g/mol. The topological polar surface area (TPSA) is 88.7 Å². The minimum Gasteiger partial charge on any atom is -0.493 e. The zero-order chi connectivity index (χ0) is 20.5. The predicted octanol–water partition coefficient (Wildman–Crippen LogP) is 2.42. The van der Waals surface area contributed by atoms with E-state index < -0.39 is 11.8 Å². The lowest BCUT2D eigenvalue weighted by Crippen LogP contribution is -2.49. The van der Waals surface area contributed by atoms with Crippen LogP contribution in [-0.2, 0) is 4.79 Å². The molecular formula is C20H23N3O4S. The Labute approximate surface area is 169 Å². The lowest BCUT2D eigenvalue weighted by molar-refractivity contribution is -0.123. The number of aryl methyl sites for hydroxylation is 2. The molecule has 0 aliphatic rings. The van der Waals surface area contributed by atoms with Crippen LogP contribution in [0.1, 0.15) is 28.4 Å². The van der Waals surface area contributed by atoms with E-state index in [4.69, 9.17) is 21.7 Å². The van der Waals surface area contributed by atoms with Crippen molar-refractivity contribution in [1.82, 2.24) is 16.2 Å². The van der Waals surface area contributed by atoms with Gasteiger partial charge in [0.25, 0.3) is 11.8 Å². The van der Waals surface area contributed by atoms with Gasteiger partial charge in [0, 0.05) is 0 Å². The Kier molecular flexibility index (Phi) is 7.76. The first-order chi connectivity index (χ1) is 13.4. The van der Waals surface area contributed by atoms with Gasteiger partial charge in [0.2, 0.25) is 0 Å². The molecule has 0 aliphatic heterocycles. The zero-order valence-electron chi connectivity index (χ0n) is 16.0. The molecule has 0 heterocycles. The van der Waals surface area contributed by atoms with Crippen molar-refractivity contribution in [2.45, 2.75) is 20.8 Å². The summed E-state index contributed by atoms with van der Waals surface area (Å²) >= 11 is 5.04. The Hall–Kier alpha value is -3.13. The molecule has 3 N–H and O–H groups in total. The van der Waals surface area contributed by atoms with Crippen molar-refractivity contribution in [3.05, 3.63) is 59.2 Å². The lowest BCUT2D eigenvalue weighted by atomic mass is 10.1. The number of thiocarbonyl (C=S) groups is 1. The van der Waals surface area contributed by atoms with E-state index in [0.717, 1.165) is 11.1 Å². The van der Waals surface area contributed by atoms with Gasteiger partial charge >= 0.3 is 0 Å². The fraction of sp³-hybridized carbons (Fsp3) is 0.250. The van der Waals surface area contributed by atoms with Gasteiger partial charge in [-0.3, -0.25) is 25.8 Å². The van der Waals surface area contributed by atoms with Crippen molar-refractivity contribution >= 4 is 29.1 Å². The van der Waals surface area contributed by atoms with E-state index in [1.54, 1.807) is 24.3 Å². The molecule has 148 valence electrons. The van der Waals surface area contributed by atoms with Gasteiger partial charge in [-0.2, -0.15) is 0 Å². The molecule has 28 heavy (non-hydrogen) atoms. The van der Waals surface area contributed by atoms with Crippen LogP contribution in [-0.4, -0.2) is 30.1 Å². The third-order valence-corrected chi connectivity index (χ3v) is 3.93. The molecule has 0 aromatic heterocycles. The van der Waals surface area contributed by atoms with E-state index in [1.165, 1.54) is 0 Å². The van der Waals surface area contributed by atoms with Crippen molar-refractivity contribution in [3.8, 4) is 11.5 Å². The fourth-order valence-corrected chi connectivity index (χ4v) is 2.61. The molecule has 0 aliphatic carbocycles. The van der Waals surface area contributed by atoms with E-state index >= 15 is 0 Å². The highest BCUT2D eigenvalue weighted by Crippen LogP contribution is 2.22. The normalized spacial score (nSPS) is 9.96. The number of carbonyl (C=O) groups is 2. The van der Waals surface area contributed by atoms with Gasteiger partial charge in [0.15, 0.2) is 11.7 Å². The van der Waals surface area contributed by atoms with Gasteiger partial charge in [0.05, 0.1) is 12.2 Å². The second-order valence-corrected chi connectivity index (χ2v) is 6.30. The van der Waals surface area contributed by atoms with Crippen molar-refractivity contribution in [2.75, 3.05) is 13.2 Å². The summed E-state index contributed by atoms with van der Waals surface area (Å²) in [5, 5.41) is 2.44. The van der Waals surface area contributed by atoms with Crippen LogP contribution < -0.4 is 25.6 Å². The summed E-state index contributed by atoms with van der Waals surface area (Å²) in [7, 11) is 0. The molecule has 0 spiro atoms. The highest BCUT2D eigenvalue weighted by molar-refractivity contribution is 7.80. The summed E-state index contributed by atoms with van der Waals surface area (Å²) in [6.45, 7) is 5.88. The number of para-hydroxylation sites is 2. The largest absolute Gasteiger partial charge is 0.493 e. The highest BCUT2D eigenvalue weighted by atomic mass is 32.1. The van der Waals surface area contributed by atoms with Gasteiger partial charge < -0.3 is 9.47 Å². The minimum atomic E-state index is -0.442. The standard InChI is InChI=1S/C20H23N3O4S/c1-4-26-16-11-6-5-10-15(16)19(25)21-20(28)23-22-17(24)12-27-18-13(2)8-7-9-14(18)3/h5-11H,4,12H2,1-3H3,(H,22,24)(H2,21,23,25,28). The lowest BCUT2D eigenvalue weighted by Gasteiger charge is -2.14. The molecule has 0 radical (unpaired) electrons. The van der Waals surface area contributed by atoms with Crippen LogP contribution in [0.3, 0.4) is 0 Å². The molecule has 0 fully saturated rings. The van der Waals surface area contributed by atoms with Gasteiger partial charge in [0.1, 0.15) is 11.5 Å². The summed E-state index contributed by atoms with van der Waals surface area (Å²) in [6.07, 6.45) is 0. The SMILES string of the molecule is CCOc1ccccc1C(=O)NC(=S)NNC(=O)COc1c(C)cccc1C. The summed E-state index contributed by atoms with van der Waals surface area (Å²) in [5.41, 5.74) is 7.09. The van der Waals surface area contributed by atoms with Crippen LogP contribution in [0.4, 0.5) is 0 Å². The molecule has 2 aromatic rings. The number of benzene rings is 2. The van der Waals surface area contributed by atoms with Crippen molar-refractivity contribution in [2.24, 2.45) is 0 Å². The Balaban J connectivity index is 1.82. The van der Waals surface area contributed by atoms with Crippen molar-refractivity contribution in [3.63, 3.8) is 0 Å². The van der Waals surface area contributed by atoms with E-state index in [1.807, 2.05) is 39.0 Å². The van der Waals surface area contributed by atoms with Crippen LogP contribution in [0.25, 0.3) is 0 Å². The van der Waals surface area contributed by atoms with Crippen molar-refractivity contribution < 1.29 is 19.1 Å². The monoisotopic (exact) mass is 401 g/mol. The maximum absolute atomic E-state index is 12.3. The van der Waals surface area contributed by atoms with E-state index in [2.05, 4.69) is 16.2 Å².